The summed E-state index contributed by atoms with van der Waals surface area (Å²) in [4.78, 5) is 16.5. The molecule has 0 aromatic rings. The Kier molecular flexibility index (Phi) is 4.40. The summed E-state index contributed by atoms with van der Waals surface area (Å²) in [5.74, 6) is 1.00. The molecule has 0 aliphatic carbocycles. The maximum Gasteiger partial charge on any atom is 0.240 e. The van der Waals surface area contributed by atoms with Gasteiger partial charge in [-0.15, -0.1) is 0 Å². The smallest absolute Gasteiger partial charge is 0.240 e. The summed E-state index contributed by atoms with van der Waals surface area (Å²) in [6.45, 7) is 6.20. The molecule has 1 N–H and O–H groups in total. The number of unbranched alkanes of at least 4 members (excludes halogenated alkanes) is 1. The third-order valence-corrected chi connectivity index (χ3v) is 3.95. The van der Waals surface area contributed by atoms with E-state index in [0.717, 1.165) is 32.6 Å². The van der Waals surface area contributed by atoms with Gasteiger partial charge in [0.1, 0.15) is 0 Å². The van der Waals surface area contributed by atoms with Crippen LogP contribution in [0, 0.1) is 5.92 Å². The molecule has 2 fully saturated rings. The van der Waals surface area contributed by atoms with E-state index in [1.165, 1.54) is 19.4 Å². The van der Waals surface area contributed by atoms with Crippen LogP contribution in [0.25, 0.3) is 0 Å². The summed E-state index contributed by atoms with van der Waals surface area (Å²) in [6, 6.07) is 0.0917. The van der Waals surface area contributed by atoms with Gasteiger partial charge in [-0.2, -0.15) is 0 Å². The summed E-state index contributed by atoms with van der Waals surface area (Å²) in [5.41, 5.74) is 0. The lowest BCUT2D eigenvalue weighted by molar-refractivity contribution is -0.129. The summed E-state index contributed by atoms with van der Waals surface area (Å²) < 4.78 is 0. The van der Waals surface area contributed by atoms with E-state index in [0.29, 0.717) is 11.8 Å². The van der Waals surface area contributed by atoms with Crippen molar-refractivity contribution >= 4 is 5.91 Å². The standard InChI is InChI=1S/C13H25N3O/c1-3-4-5-12-13(17)16(10-14-12)9-11-6-7-15(2)8-11/h11-12,14H,3-10H2,1-2H3. The molecule has 0 bridgehead atoms. The molecular weight excluding hydrogens is 214 g/mol. The van der Waals surface area contributed by atoms with Gasteiger partial charge in [-0.25, -0.2) is 0 Å². The highest BCUT2D eigenvalue weighted by Crippen LogP contribution is 2.18. The molecule has 2 heterocycles. The van der Waals surface area contributed by atoms with Crippen LogP contribution in [0.1, 0.15) is 32.6 Å². The first-order chi connectivity index (χ1) is 8.20. The Morgan fingerprint density at radius 1 is 1.47 bits per heavy atom. The van der Waals surface area contributed by atoms with Gasteiger partial charge in [0.05, 0.1) is 12.7 Å². The molecule has 2 aliphatic heterocycles. The molecule has 2 atom stereocenters. The Balaban J connectivity index is 1.77. The van der Waals surface area contributed by atoms with Crippen LogP contribution in [0.5, 0.6) is 0 Å². The van der Waals surface area contributed by atoms with Gasteiger partial charge in [0.2, 0.25) is 5.91 Å². The van der Waals surface area contributed by atoms with Crippen molar-refractivity contribution in [2.45, 2.75) is 38.6 Å². The van der Waals surface area contributed by atoms with Crippen molar-refractivity contribution < 1.29 is 4.79 Å². The van der Waals surface area contributed by atoms with Crippen LogP contribution in [-0.4, -0.2) is 55.1 Å². The minimum atomic E-state index is 0.0917. The van der Waals surface area contributed by atoms with Crippen molar-refractivity contribution in [2.24, 2.45) is 5.92 Å². The van der Waals surface area contributed by atoms with Gasteiger partial charge in [0, 0.05) is 13.1 Å². The summed E-state index contributed by atoms with van der Waals surface area (Å²) in [5, 5.41) is 3.34. The van der Waals surface area contributed by atoms with Crippen molar-refractivity contribution in [3.05, 3.63) is 0 Å². The monoisotopic (exact) mass is 239 g/mol. The number of carbonyl (C=O) groups is 1. The topological polar surface area (TPSA) is 35.6 Å². The van der Waals surface area contributed by atoms with E-state index in [1.807, 2.05) is 4.90 Å². The van der Waals surface area contributed by atoms with Gasteiger partial charge >= 0.3 is 0 Å². The molecule has 0 spiro atoms. The number of hydrogen-bond acceptors (Lipinski definition) is 3. The molecule has 1 amide bonds. The molecule has 0 aromatic carbocycles. The van der Waals surface area contributed by atoms with Crippen molar-refractivity contribution in [1.29, 1.82) is 0 Å². The SMILES string of the molecule is CCCCC1NCN(CC2CCN(C)C2)C1=O. The molecule has 98 valence electrons. The lowest BCUT2D eigenvalue weighted by Crippen LogP contribution is -2.34. The molecule has 0 radical (unpaired) electrons. The Morgan fingerprint density at radius 3 is 2.94 bits per heavy atom. The van der Waals surface area contributed by atoms with Crippen LogP contribution in [0.4, 0.5) is 0 Å². The molecule has 2 saturated heterocycles. The fourth-order valence-corrected chi connectivity index (χ4v) is 2.88. The molecular formula is C13H25N3O. The number of rotatable bonds is 5. The first-order valence-electron chi connectivity index (χ1n) is 6.91. The largest absolute Gasteiger partial charge is 0.328 e. The van der Waals surface area contributed by atoms with Crippen LogP contribution in [0.2, 0.25) is 0 Å². The normalized spacial score (nSPS) is 30.5. The van der Waals surface area contributed by atoms with E-state index in [9.17, 15) is 4.79 Å². The maximum atomic E-state index is 12.1. The molecule has 2 unspecified atom stereocenters. The Bertz CT molecular complexity index is 269. The molecule has 2 aliphatic rings. The lowest BCUT2D eigenvalue weighted by atomic mass is 10.1. The average molecular weight is 239 g/mol. The van der Waals surface area contributed by atoms with Gasteiger partial charge in [-0.3, -0.25) is 10.1 Å². The number of nitrogens with zero attached hydrogens (tertiary/aromatic N) is 2. The highest BCUT2D eigenvalue weighted by atomic mass is 16.2. The molecule has 0 aromatic heterocycles. The predicted octanol–water partition coefficient (Wildman–Crippen LogP) is 0.886. The zero-order valence-corrected chi connectivity index (χ0v) is 11.1. The van der Waals surface area contributed by atoms with Gasteiger partial charge in [-0.05, 0) is 32.4 Å². The van der Waals surface area contributed by atoms with Crippen molar-refractivity contribution in [1.82, 2.24) is 15.1 Å². The summed E-state index contributed by atoms with van der Waals surface area (Å²) in [7, 11) is 2.16. The van der Waals surface area contributed by atoms with Crippen LogP contribution in [-0.2, 0) is 4.79 Å². The van der Waals surface area contributed by atoms with Crippen LogP contribution in [0.3, 0.4) is 0 Å². The number of amides is 1. The van der Waals surface area contributed by atoms with Crippen LogP contribution >= 0.6 is 0 Å². The van der Waals surface area contributed by atoms with E-state index in [-0.39, 0.29) is 6.04 Å². The highest BCUT2D eigenvalue weighted by molar-refractivity contribution is 5.83. The fourth-order valence-electron chi connectivity index (χ4n) is 2.88. The zero-order valence-electron chi connectivity index (χ0n) is 11.1. The summed E-state index contributed by atoms with van der Waals surface area (Å²) in [6.07, 6.45) is 4.54. The molecule has 17 heavy (non-hydrogen) atoms. The first-order valence-corrected chi connectivity index (χ1v) is 6.91. The van der Waals surface area contributed by atoms with E-state index in [2.05, 4.69) is 24.2 Å². The lowest BCUT2D eigenvalue weighted by Gasteiger charge is -2.20. The zero-order chi connectivity index (χ0) is 12.3. The number of nitrogens with one attached hydrogen (secondary N) is 1. The van der Waals surface area contributed by atoms with Crippen molar-refractivity contribution in [2.75, 3.05) is 33.4 Å². The molecule has 0 saturated carbocycles. The highest BCUT2D eigenvalue weighted by Gasteiger charge is 2.32. The Morgan fingerprint density at radius 2 is 2.29 bits per heavy atom. The molecule has 2 rings (SSSR count). The second-order valence-electron chi connectivity index (χ2n) is 5.53. The van der Waals surface area contributed by atoms with Crippen LogP contribution < -0.4 is 5.32 Å². The third kappa shape index (κ3) is 3.19. The minimum Gasteiger partial charge on any atom is -0.328 e. The van der Waals surface area contributed by atoms with Gasteiger partial charge in [0.25, 0.3) is 0 Å². The number of likely N-dealkylation sites (tertiary alicyclic amines) is 1. The van der Waals surface area contributed by atoms with Crippen LogP contribution in [0.15, 0.2) is 0 Å². The maximum absolute atomic E-state index is 12.1. The van der Waals surface area contributed by atoms with Gasteiger partial charge in [0.15, 0.2) is 0 Å². The molecule has 4 heteroatoms. The van der Waals surface area contributed by atoms with E-state index >= 15 is 0 Å². The average Bonchev–Trinajstić information content (AvgIpc) is 2.86. The molecule has 4 nitrogen and oxygen atoms in total. The van der Waals surface area contributed by atoms with E-state index in [4.69, 9.17) is 0 Å². The second-order valence-corrected chi connectivity index (χ2v) is 5.53. The van der Waals surface area contributed by atoms with Gasteiger partial charge < -0.3 is 9.80 Å². The predicted molar refractivity (Wildman–Crippen MR) is 68.6 cm³/mol. The summed E-state index contributed by atoms with van der Waals surface area (Å²) >= 11 is 0. The number of carbonyl (C=O) groups excluding carboxylic acids is 1. The van der Waals surface area contributed by atoms with Gasteiger partial charge in [-0.1, -0.05) is 19.8 Å². The quantitative estimate of drug-likeness (QED) is 0.774. The Hall–Kier alpha value is -0.610. The first kappa shape index (κ1) is 12.8. The van der Waals surface area contributed by atoms with Crippen molar-refractivity contribution in [3.8, 4) is 0 Å². The third-order valence-electron chi connectivity index (χ3n) is 3.95. The minimum absolute atomic E-state index is 0.0917. The van der Waals surface area contributed by atoms with Crippen molar-refractivity contribution in [3.63, 3.8) is 0 Å². The fraction of sp³-hybridized carbons (Fsp3) is 0.923. The second kappa shape index (κ2) is 5.83. The number of hydrogen-bond donors (Lipinski definition) is 1. The van der Waals surface area contributed by atoms with E-state index in [1.54, 1.807) is 0 Å². The van der Waals surface area contributed by atoms with E-state index < -0.39 is 0 Å². The Labute approximate surface area is 104 Å².